The highest BCUT2D eigenvalue weighted by Crippen LogP contribution is 2.31. The van der Waals surface area contributed by atoms with E-state index >= 15 is 0 Å². The minimum absolute atomic E-state index is 0.137. The van der Waals surface area contributed by atoms with Crippen LogP contribution in [0, 0.1) is 10.1 Å². The summed E-state index contributed by atoms with van der Waals surface area (Å²) in [6, 6.07) is 6.80. The zero-order valence-corrected chi connectivity index (χ0v) is 8.30. The Hall–Kier alpha value is -1.62. The van der Waals surface area contributed by atoms with Gasteiger partial charge in [0, 0.05) is 29.3 Å². The smallest absolute Gasteiger partial charge is 0.270 e. The van der Waals surface area contributed by atoms with Gasteiger partial charge in [0.05, 0.1) is 9.92 Å². The van der Waals surface area contributed by atoms with Crippen molar-refractivity contribution in [3.8, 4) is 0 Å². The highest BCUT2D eigenvalue weighted by atomic mass is 32.1. The van der Waals surface area contributed by atoms with Crippen LogP contribution in [0.5, 0.6) is 0 Å². The Bertz CT molecular complexity index is 493. The normalized spacial score (nSPS) is 10.4. The summed E-state index contributed by atoms with van der Waals surface area (Å²) in [7, 11) is 1.83. The Morgan fingerprint density at radius 3 is 2.86 bits per heavy atom. The number of anilines is 1. The third-order valence-corrected chi connectivity index (χ3v) is 3.09. The maximum absolute atomic E-state index is 10.5. The van der Waals surface area contributed by atoms with Gasteiger partial charge in [-0.15, -0.1) is 11.3 Å². The molecule has 0 saturated carbocycles. The Balaban J connectivity index is 2.59. The van der Waals surface area contributed by atoms with Crippen molar-refractivity contribution >= 4 is 32.1 Å². The highest BCUT2D eigenvalue weighted by Gasteiger charge is 2.07. The molecule has 2 aromatic rings. The lowest BCUT2D eigenvalue weighted by molar-refractivity contribution is -0.384. The van der Waals surface area contributed by atoms with E-state index in [-0.39, 0.29) is 10.6 Å². The number of rotatable bonds is 2. The second-order valence-corrected chi connectivity index (χ2v) is 3.92. The lowest BCUT2D eigenvalue weighted by atomic mass is 10.2. The fourth-order valence-electron chi connectivity index (χ4n) is 1.27. The molecule has 0 unspecified atom stereocenters. The van der Waals surface area contributed by atoms with Gasteiger partial charge in [-0.25, -0.2) is 0 Å². The molecule has 14 heavy (non-hydrogen) atoms. The van der Waals surface area contributed by atoms with E-state index in [2.05, 4.69) is 5.32 Å². The van der Waals surface area contributed by atoms with E-state index in [1.165, 1.54) is 6.07 Å². The van der Waals surface area contributed by atoms with Crippen molar-refractivity contribution in [3.63, 3.8) is 0 Å². The van der Waals surface area contributed by atoms with Crippen LogP contribution in [0.2, 0.25) is 0 Å². The van der Waals surface area contributed by atoms with Gasteiger partial charge in [0.2, 0.25) is 0 Å². The van der Waals surface area contributed by atoms with E-state index in [4.69, 9.17) is 0 Å². The molecule has 1 aromatic heterocycles. The quantitative estimate of drug-likeness (QED) is 0.609. The number of hydrogen-bond acceptors (Lipinski definition) is 4. The van der Waals surface area contributed by atoms with E-state index in [9.17, 15) is 10.1 Å². The van der Waals surface area contributed by atoms with Crippen molar-refractivity contribution in [2.75, 3.05) is 12.4 Å². The Morgan fingerprint density at radius 1 is 1.43 bits per heavy atom. The first-order valence-electron chi connectivity index (χ1n) is 4.06. The Kier molecular flexibility index (Phi) is 2.09. The number of benzene rings is 1. The van der Waals surface area contributed by atoms with Gasteiger partial charge in [0.15, 0.2) is 0 Å². The molecule has 0 atom stereocenters. The van der Waals surface area contributed by atoms with Crippen LogP contribution in [0.25, 0.3) is 10.1 Å². The monoisotopic (exact) mass is 208 g/mol. The summed E-state index contributed by atoms with van der Waals surface area (Å²) in [6.45, 7) is 0. The third-order valence-electron chi connectivity index (χ3n) is 1.96. The zero-order chi connectivity index (χ0) is 10.1. The summed E-state index contributed by atoms with van der Waals surface area (Å²) in [5, 5.41) is 15.5. The lowest BCUT2D eigenvalue weighted by Crippen LogP contribution is -1.85. The number of nitrogens with zero attached hydrogens (tertiary/aromatic N) is 1. The van der Waals surface area contributed by atoms with Gasteiger partial charge in [-0.05, 0) is 12.1 Å². The van der Waals surface area contributed by atoms with Crippen LogP contribution in [0.4, 0.5) is 10.7 Å². The maximum Gasteiger partial charge on any atom is 0.270 e. The summed E-state index contributed by atoms with van der Waals surface area (Å²) < 4.78 is 1.06. The molecule has 0 spiro atoms. The van der Waals surface area contributed by atoms with Crippen molar-refractivity contribution < 1.29 is 4.92 Å². The number of thiophene rings is 1. The number of nitro groups is 1. The Labute approximate surface area is 84.3 Å². The average molecular weight is 208 g/mol. The molecule has 0 saturated heterocycles. The fraction of sp³-hybridized carbons (Fsp3) is 0.111. The topological polar surface area (TPSA) is 55.2 Å². The third kappa shape index (κ3) is 1.42. The van der Waals surface area contributed by atoms with Crippen LogP contribution in [0.3, 0.4) is 0 Å². The molecule has 0 aliphatic heterocycles. The molecular weight excluding hydrogens is 200 g/mol. The molecule has 4 nitrogen and oxygen atoms in total. The summed E-state index contributed by atoms with van der Waals surface area (Å²) in [4.78, 5) is 10.1. The van der Waals surface area contributed by atoms with E-state index in [1.54, 1.807) is 23.5 Å². The second kappa shape index (κ2) is 3.26. The van der Waals surface area contributed by atoms with Crippen LogP contribution >= 0.6 is 11.3 Å². The summed E-state index contributed by atoms with van der Waals surface area (Å²) in [6.07, 6.45) is 0. The average Bonchev–Trinajstić information content (AvgIpc) is 2.58. The molecule has 72 valence electrons. The largest absolute Gasteiger partial charge is 0.380 e. The standard InChI is InChI=1S/C9H8N2O2S/c1-10-9-5-6-4-7(11(12)13)2-3-8(6)14-9/h2-5,10H,1H3. The van der Waals surface area contributed by atoms with Gasteiger partial charge in [-0.3, -0.25) is 10.1 Å². The molecule has 0 aliphatic rings. The molecule has 0 aliphatic carbocycles. The van der Waals surface area contributed by atoms with Crippen LogP contribution in [-0.4, -0.2) is 12.0 Å². The van der Waals surface area contributed by atoms with Gasteiger partial charge < -0.3 is 5.32 Å². The van der Waals surface area contributed by atoms with Gasteiger partial charge in [-0.2, -0.15) is 0 Å². The van der Waals surface area contributed by atoms with Gasteiger partial charge in [-0.1, -0.05) is 0 Å². The first-order chi connectivity index (χ1) is 6.70. The van der Waals surface area contributed by atoms with Crippen molar-refractivity contribution in [3.05, 3.63) is 34.4 Å². The van der Waals surface area contributed by atoms with E-state index < -0.39 is 0 Å². The van der Waals surface area contributed by atoms with Crippen LogP contribution in [0.15, 0.2) is 24.3 Å². The first kappa shape index (κ1) is 8.96. The molecular formula is C9H8N2O2S. The summed E-state index contributed by atoms with van der Waals surface area (Å²) in [5.41, 5.74) is 0.137. The molecule has 0 radical (unpaired) electrons. The predicted octanol–water partition coefficient (Wildman–Crippen LogP) is 2.85. The molecule has 1 aromatic carbocycles. The maximum atomic E-state index is 10.5. The Morgan fingerprint density at radius 2 is 2.21 bits per heavy atom. The SMILES string of the molecule is CNc1cc2cc([N+](=O)[O-])ccc2s1. The minimum atomic E-state index is -0.379. The van der Waals surface area contributed by atoms with Gasteiger partial charge in [0.1, 0.15) is 0 Å². The number of fused-ring (bicyclic) bond motifs is 1. The molecule has 1 N–H and O–H groups in total. The minimum Gasteiger partial charge on any atom is -0.380 e. The van der Waals surface area contributed by atoms with Crippen molar-refractivity contribution in [1.82, 2.24) is 0 Å². The van der Waals surface area contributed by atoms with Crippen LogP contribution in [0.1, 0.15) is 0 Å². The first-order valence-corrected chi connectivity index (χ1v) is 4.88. The van der Waals surface area contributed by atoms with E-state index in [1.807, 2.05) is 13.1 Å². The summed E-state index contributed by atoms with van der Waals surface area (Å²) >= 11 is 1.58. The van der Waals surface area contributed by atoms with E-state index in [0.29, 0.717) is 0 Å². The number of non-ortho nitro benzene ring substituents is 1. The number of nitro benzene ring substituents is 1. The summed E-state index contributed by atoms with van der Waals surface area (Å²) in [5.74, 6) is 0. The fourth-order valence-corrected chi connectivity index (χ4v) is 2.16. The molecule has 0 fully saturated rings. The van der Waals surface area contributed by atoms with E-state index in [0.717, 1.165) is 15.1 Å². The molecule has 0 amide bonds. The van der Waals surface area contributed by atoms with Gasteiger partial charge in [0.25, 0.3) is 5.69 Å². The van der Waals surface area contributed by atoms with Crippen LogP contribution in [-0.2, 0) is 0 Å². The van der Waals surface area contributed by atoms with Crippen molar-refractivity contribution in [1.29, 1.82) is 0 Å². The second-order valence-electron chi connectivity index (χ2n) is 2.84. The zero-order valence-electron chi connectivity index (χ0n) is 7.48. The highest BCUT2D eigenvalue weighted by molar-refractivity contribution is 7.22. The van der Waals surface area contributed by atoms with Crippen molar-refractivity contribution in [2.24, 2.45) is 0 Å². The number of nitrogens with one attached hydrogen (secondary N) is 1. The number of hydrogen-bond donors (Lipinski definition) is 1. The molecule has 2 rings (SSSR count). The molecule has 1 heterocycles. The van der Waals surface area contributed by atoms with Crippen LogP contribution < -0.4 is 5.32 Å². The van der Waals surface area contributed by atoms with Crippen molar-refractivity contribution in [2.45, 2.75) is 0 Å². The lowest BCUT2D eigenvalue weighted by Gasteiger charge is -1.89. The molecule has 0 bridgehead atoms. The van der Waals surface area contributed by atoms with Gasteiger partial charge >= 0.3 is 0 Å². The predicted molar refractivity (Wildman–Crippen MR) is 58.0 cm³/mol. The molecule has 5 heteroatoms.